The topological polar surface area (TPSA) is 111 Å². The fraction of sp³-hybridized carbons (Fsp3) is 0.381. The highest BCUT2D eigenvalue weighted by Crippen LogP contribution is 2.17. The van der Waals surface area contributed by atoms with Crippen LogP contribution in [0.2, 0.25) is 0 Å². The van der Waals surface area contributed by atoms with Crippen molar-refractivity contribution in [1.82, 2.24) is 9.13 Å². The van der Waals surface area contributed by atoms with E-state index in [-0.39, 0.29) is 24.7 Å². The zero-order valence-electron chi connectivity index (χ0n) is 16.3. The first kappa shape index (κ1) is 20.4. The number of aromatic carboxylic acids is 1. The van der Waals surface area contributed by atoms with Crippen LogP contribution < -0.4 is 21.9 Å². The van der Waals surface area contributed by atoms with Crippen LogP contribution in [0.25, 0.3) is 0 Å². The number of anilines is 1. The van der Waals surface area contributed by atoms with Gasteiger partial charge in [-0.05, 0) is 37.5 Å². The molecule has 0 unspecified atom stereocenters. The van der Waals surface area contributed by atoms with Crippen molar-refractivity contribution in [2.45, 2.75) is 38.9 Å². The maximum absolute atomic E-state index is 13.1. The summed E-state index contributed by atoms with van der Waals surface area (Å²) in [6.07, 6.45) is 1.81. The van der Waals surface area contributed by atoms with Crippen molar-refractivity contribution in [2.24, 2.45) is 5.73 Å². The summed E-state index contributed by atoms with van der Waals surface area (Å²) < 4.78 is 2.64. The summed E-state index contributed by atoms with van der Waals surface area (Å²) in [5, 5.41) is 9.01. The Balaban J connectivity index is 2.01. The van der Waals surface area contributed by atoms with Crippen LogP contribution >= 0.6 is 0 Å². The molecule has 8 nitrogen and oxygen atoms in total. The lowest BCUT2D eigenvalue weighted by Crippen LogP contribution is -2.48. The third kappa shape index (κ3) is 4.58. The van der Waals surface area contributed by atoms with E-state index in [1.54, 1.807) is 19.1 Å². The molecule has 1 aromatic carbocycles. The molecule has 152 valence electrons. The van der Waals surface area contributed by atoms with Crippen molar-refractivity contribution in [1.29, 1.82) is 0 Å². The fourth-order valence-corrected chi connectivity index (χ4v) is 3.47. The Morgan fingerprint density at radius 1 is 1.24 bits per heavy atom. The molecule has 0 radical (unpaired) electrons. The van der Waals surface area contributed by atoms with Crippen LogP contribution in [0.5, 0.6) is 0 Å². The third-order valence-electron chi connectivity index (χ3n) is 4.99. The number of hydrogen-bond acceptors (Lipinski definition) is 5. The van der Waals surface area contributed by atoms with Crippen LogP contribution in [0.1, 0.15) is 35.7 Å². The highest BCUT2D eigenvalue weighted by Gasteiger charge is 2.22. The molecular formula is C21H24N4O4. The summed E-state index contributed by atoms with van der Waals surface area (Å²) in [6.45, 7) is 3.24. The summed E-state index contributed by atoms with van der Waals surface area (Å²) in [5.74, 6) is 5.20. The van der Waals surface area contributed by atoms with Gasteiger partial charge in [0.1, 0.15) is 5.82 Å². The number of carboxylic acid groups (broad SMARTS) is 1. The molecule has 0 aliphatic carbocycles. The Kier molecular flexibility index (Phi) is 6.20. The molecule has 0 saturated carbocycles. The first-order chi connectivity index (χ1) is 13.9. The minimum atomic E-state index is -1.03. The highest BCUT2D eigenvalue weighted by atomic mass is 16.4. The van der Waals surface area contributed by atoms with E-state index in [1.165, 1.54) is 22.8 Å². The first-order valence-electron chi connectivity index (χ1n) is 9.47. The molecular weight excluding hydrogens is 372 g/mol. The second-order valence-corrected chi connectivity index (χ2v) is 7.07. The Morgan fingerprint density at radius 3 is 2.59 bits per heavy atom. The van der Waals surface area contributed by atoms with E-state index in [0.29, 0.717) is 17.9 Å². The van der Waals surface area contributed by atoms with Gasteiger partial charge in [-0.3, -0.25) is 13.9 Å². The van der Waals surface area contributed by atoms with Gasteiger partial charge in [-0.2, -0.15) is 0 Å². The van der Waals surface area contributed by atoms with Gasteiger partial charge in [0.25, 0.3) is 5.56 Å². The number of rotatable bonds is 5. The predicted molar refractivity (Wildman–Crippen MR) is 110 cm³/mol. The summed E-state index contributed by atoms with van der Waals surface area (Å²) >= 11 is 0. The predicted octanol–water partition coefficient (Wildman–Crippen LogP) is 0.707. The van der Waals surface area contributed by atoms with E-state index in [4.69, 9.17) is 10.8 Å². The molecule has 0 amide bonds. The number of carboxylic acids is 1. The second kappa shape index (κ2) is 8.80. The number of piperidine rings is 1. The molecule has 1 aromatic heterocycles. The lowest BCUT2D eigenvalue weighted by molar-refractivity contribution is 0.0697. The maximum Gasteiger partial charge on any atom is 0.335 e. The lowest BCUT2D eigenvalue weighted by atomic mass is 10.1. The number of nitrogens with zero attached hydrogens (tertiary/aromatic N) is 3. The largest absolute Gasteiger partial charge is 0.478 e. The smallest absolute Gasteiger partial charge is 0.335 e. The second-order valence-electron chi connectivity index (χ2n) is 7.07. The van der Waals surface area contributed by atoms with Gasteiger partial charge in [-0.15, -0.1) is 5.92 Å². The Morgan fingerprint density at radius 2 is 1.97 bits per heavy atom. The number of nitrogens with two attached hydrogens (primary N) is 1. The molecule has 1 aliphatic heterocycles. The van der Waals surface area contributed by atoms with Gasteiger partial charge in [-0.1, -0.05) is 18.1 Å². The van der Waals surface area contributed by atoms with E-state index >= 15 is 0 Å². The first-order valence-corrected chi connectivity index (χ1v) is 9.47. The van der Waals surface area contributed by atoms with Gasteiger partial charge >= 0.3 is 11.7 Å². The van der Waals surface area contributed by atoms with Crippen molar-refractivity contribution in [3.63, 3.8) is 0 Å². The van der Waals surface area contributed by atoms with Crippen LogP contribution in [0.15, 0.2) is 39.9 Å². The number of aromatic nitrogens is 2. The Hall–Kier alpha value is -3.31. The number of hydrogen-bond donors (Lipinski definition) is 2. The van der Waals surface area contributed by atoms with Gasteiger partial charge in [-0.25, -0.2) is 9.59 Å². The van der Waals surface area contributed by atoms with Gasteiger partial charge < -0.3 is 15.7 Å². The summed E-state index contributed by atoms with van der Waals surface area (Å²) in [5.41, 5.74) is 6.02. The van der Waals surface area contributed by atoms with Crippen molar-refractivity contribution >= 4 is 11.8 Å². The molecule has 0 spiro atoms. The average molecular weight is 396 g/mol. The SMILES string of the molecule is CC#CCn1c(N2CCC[C@@H](N)C2)cc(=O)n(Cc2ccc(C(=O)O)cc2)c1=O. The molecule has 1 aliphatic rings. The van der Waals surface area contributed by atoms with E-state index < -0.39 is 17.2 Å². The van der Waals surface area contributed by atoms with Crippen LogP contribution in [0.3, 0.4) is 0 Å². The summed E-state index contributed by atoms with van der Waals surface area (Å²) in [6, 6.07) is 7.56. The Labute approximate surface area is 168 Å². The molecule has 8 heteroatoms. The lowest BCUT2D eigenvalue weighted by Gasteiger charge is -2.33. The summed E-state index contributed by atoms with van der Waals surface area (Å²) in [4.78, 5) is 38.9. The maximum atomic E-state index is 13.1. The van der Waals surface area contributed by atoms with Crippen molar-refractivity contribution in [3.8, 4) is 11.8 Å². The van der Waals surface area contributed by atoms with Crippen LogP contribution in [-0.4, -0.2) is 39.3 Å². The molecule has 1 saturated heterocycles. The zero-order chi connectivity index (χ0) is 21.0. The van der Waals surface area contributed by atoms with Gasteiger partial charge in [0.2, 0.25) is 0 Å². The highest BCUT2D eigenvalue weighted by molar-refractivity contribution is 5.87. The fourth-order valence-electron chi connectivity index (χ4n) is 3.47. The minimum Gasteiger partial charge on any atom is -0.478 e. The quantitative estimate of drug-likeness (QED) is 0.720. The van der Waals surface area contributed by atoms with Gasteiger partial charge in [0.05, 0.1) is 18.7 Å². The molecule has 1 atom stereocenters. The number of carbonyl (C=O) groups is 1. The molecule has 3 rings (SSSR count). The van der Waals surface area contributed by atoms with Gasteiger partial charge in [0.15, 0.2) is 0 Å². The average Bonchev–Trinajstić information content (AvgIpc) is 2.70. The minimum absolute atomic E-state index is 0.000238. The van der Waals surface area contributed by atoms with E-state index in [0.717, 1.165) is 24.0 Å². The third-order valence-corrected chi connectivity index (χ3v) is 4.99. The van der Waals surface area contributed by atoms with Crippen molar-refractivity contribution < 1.29 is 9.90 Å². The van der Waals surface area contributed by atoms with E-state index in [2.05, 4.69) is 11.8 Å². The molecule has 3 N–H and O–H groups in total. The Bertz CT molecular complexity index is 1070. The van der Waals surface area contributed by atoms with Crippen molar-refractivity contribution in [2.75, 3.05) is 18.0 Å². The molecule has 2 heterocycles. The standard InChI is InChI=1S/C21H24N4O4/c1-2-3-11-24-18(23-10-4-5-17(22)14-23)12-19(26)25(21(24)29)13-15-6-8-16(9-7-15)20(27)28/h6-9,12,17H,4-5,10-11,13-14,22H2,1H3,(H,27,28)/t17-/m1/s1. The van der Waals surface area contributed by atoms with Gasteiger partial charge in [0, 0.05) is 25.2 Å². The van der Waals surface area contributed by atoms with E-state index in [9.17, 15) is 14.4 Å². The molecule has 2 aromatic rings. The van der Waals surface area contributed by atoms with Crippen LogP contribution in [0.4, 0.5) is 5.82 Å². The summed E-state index contributed by atoms with van der Waals surface area (Å²) in [7, 11) is 0. The number of benzene rings is 1. The van der Waals surface area contributed by atoms with Crippen LogP contribution in [-0.2, 0) is 13.1 Å². The van der Waals surface area contributed by atoms with E-state index in [1.807, 2.05) is 4.90 Å². The normalized spacial score (nSPS) is 16.2. The molecule has 0 bridgehead atoms. The van der Waals surface area contributed by atoms with Crippen molar-refractivity contribution in [3.05, 3.63) is 62.3 Å². The zero-order valence-corrected chi connectivity index (χ0v) is 16.3. The molecule has 1 fully saturated rings. The van der Waals surface area contributed by atoms with Crippen LogP contribution in [0, 0.1) is 11.8 Å². The monoisotopic (exact) mass is 396 g/mol. The molecule has 29 heavy (non-hydrogen) atoms.